The monoisotopic (exact) mass is 301 g/mol. The Hall–Kier alpha value is -2.56. The smallest absolute Gasteiger partial charge is 0.230 e. The van der Waals surface area contributed by atoms with Crippen molar-refractivity contribution >= 4 is 11.6 Å². The molecule has 2 rings (SSSR count). The highest BCUT2D eigenvalue weighted by Gasteiger charge is 2.11. The standard InChI is InChI=1S/C17H20N2O3/c1-13-6-9-19(10-7-13)11-8-17(20)18-15-12-14(21-2)4-5-16(15)22-3/h4-7,9-10,12H,8,11H2,1-3H3/p+1. The molecule has 1 N–H and O–H groups in total. The van der Waals surface area contributed by atoms with Crippen LogP contribution < -0.4 is 19.4 Å². The molecular formula is C17H21N2O3+. The summed E-state index contributed by atoms with van der Waals surface area (Å²) in [4.78, 5) is 12.1. The number of nitrogens with one attached hydrogen (secondary N) is 1. The van der Waals surface area contributed by atoms with Crippen molar-refractivity contribution in [2.24, 2.45) is 0 Å². The predicted octanol–water partition coefficient (Wildman–Crippen LogP) is 2.33. The van der Waals surface area contributed by atoms with E-state index in [4.69, 9.17) is 9.47 Å². The van der Waals surface area contributed by atoms with E-state index in [0.29, 0.717) is 30.2 Å². The highest BCUT2D eigenvalue weighted by Crippen LogP contribution is 2.28. The van der Waals surface area contributed by atoms with Crippen LogP contribution in [0.15, 0.2) is 42.7 Å². The summed E-state index contributed by atoms with van der Waals surface area (Å²) in [6, 6.07) is 9.33. The Morgan fingerprint density at radius 2 is 1.86 bits per heavy atom. The van der Waals surface area contributed by atoms with Crippen LogP contribution in [-0.4, -0.2) is 20.1 Å². The van der Waals surface area contributed by atoms with Crippen LogP contribution in [0, 0.1) is 6.92 Å². The van der Waals surface area contributed by atoms with Crippen LogP contribution in [0.2, 0.25) is 0 Å². The third-order valence-corrected chi connectivity index (χ3v) is 3.34. The first kappa shape index (κ1) is 15.8. The van der Waals surface area contributed by atoms with Gasteiger partial charge in [-0.25, -0.2) is 4.57 Å². The number of pyridine rings is 1. The van der Waals surface area contributed by atoms with Crippen molar-refractivity contribution in [2.45, 2.75) is 19.9 Å². The Labute approximate surface area is 130 Å². The number of anilines is 1. The van der Waals surface area contributed by atoms with Gasteiger partial charge in [-0.15, -0.1) is 0 Å². The fourth-order valence-corrected chi connectivity index (χ4v) is 2.04. The van der Waals surface area contributed by atoms with Gasteiger partial charge in [-0.3, -0.25) is 4.79 Å². The molecule has 0 saturated carbocycles. The molecule has 22 heavy (non-hydrogen) atoms. The van der Waals surface area contributed by atoms with Crippen molar-refractivity contribution in [3.8, 4) is 11.5 Å². The summed E-state index contributed by atoms with van der Waals surface area (Å²) in [7, 11) is 3.15. The van der Waals surface area contributed by atoms with Crippen LogP contribution in [-0.2, 0) is 11.3 Å². The predicted molar refractivity (Wildman–Crippen MR) is 84.2 cm³/mol. The van der Waals surface area contributed by atoms with Crippen LogP contribution in [0.25, 0.3) is 0 Å². The molecule has 0 atom stereocenters. The van der Waals surface area contributed by atoms with Gasteiger partial charge in [0, 0.05) is 18.2 Å². The van der Waals surface area contributed by atoms with Gasteiger partial charge in [0.05, 0.1) is 26.3 Å². The minimum Gasteiger partial charge on any atom is -0.497 e. The van der Waals surface area contributed by atoms with Crippen molar-refractivity contribution < 1.29 is 18.8 Å². The topological polar surface area (TPSA) is 51.4 Å². The average Bonchev–Trinajstić information content (AvgIpc) is 2.54. The summed E-state index contributed by atoms with van der Waals surface area (Å²) in [6.07, 6.45) is 4.32. The molecule has 116 valence electrons. The second-order valence-electron chi connectivity index (χ2n) is 4.98. The van der Waals surface area contributed by atoms with Gasteiger partial charge in [-0.1, -0.05) is 0 Å². The van der Waals surface area contributed by atoms with Crippen LogP contribution in [0.5, 0.6) is 11.5 Å². The molecule has 0 saturated heterocycles. The number of hydrogen-bond donors (Lipinski definition) is 1. The van der Waals surface area contributed by atoms with Gasteiger partial charge in [0.2, 0.25) is 5.91 Å². The average molecular weight is 301 g/mol. The zero-order valence-electron chi connectivity index (χ0n) is 13.1. The molecule has 2 aromatic rings. The molecule has 1 amide bonds. The summed E-state index contributed by atoms with van der Waals surface area (Å²) in [5.74, 6) is 1.21. The fourth-order valence-electron chi connectivity index (χ4n) is 2.04. The largest absolute Gasteiger partial charge is 0.497 e. The maximum absolute atomic E-state index is 12.1. The van der Waals surface area contributed by atoms with Crippen LogP contribution in [0.3, 0.4) is 0 Å². The number of aryl methyl sites for hydroxylation is 2. The van der Waals surface area contributed by atoms with Gasteiger partial charge in [-0.05, 0) is 24.6 Å². The van der Waals surface area contributed by atoms with Gasteiger partial charge in [0.15, 0.2) is 18.9 Å². The van der Waals surface area contributed by atoms with E-state index in [-0.39, 0.29) is 5.91 Å². The molecule has 1 heterocycles. The molecule has 5 nitrogen and oxygen atoms in total. The summed E-state index contributed by atoms with van der Waals surface area (Å²) in [5.41, 5.74) is 1.81. The van der Waals surface area contributed by atoms with E-state index in [0.717, 1.165) is 0 Å². The molecule has 0 aliphatic carbocycles. The summed E-state index contributed by atoms with van der Waals surface area (Å²) in [6.45, 7) is 2.66. The second kappa shape index (κ2) is 7.45. The SMILES string of the molecule is COc1ccc(OC)c(NC(=O)CC[n+]2ccc(C)cc2)c1. The first-order valence-corrected chi connectivity index (χ1v) is 7.10. The Balaban J connectivity index is 1.98. The zero-order chi connectivity index (χ0) is 15.9. The molecule has 0 aliphatic rings. The molecule has 0 bridgehead atoms. The molecular weight excluding hydrogens is 280 g/mol. The number of hydrogen-bond acceptors (Lipinski definition) is 3. The van der Waals surface area contributed by atoms with Crippen molar-refractivity contribution in [3.63, 3.8) is 0 Å². The number of carbonyl (C=O) groups excluding carboxylic acids is 1. The Morgan fingerprint density at radius 1 is 1.14 bits per heavy atom. The van der Waals surface area contributed by atoms with E-state index < -0.39 is 0 Å². The number of methoxy groups -OCH3 is 2. The van der Waals surface area contributed by atoms with E-state index in [1.54, 1.807) is 32.4 Å². The molecule has 1 aromatic heterocycles. The lowest BCUT2D eigenvalue weighted by Crippen LogP contribution is -2.34. The molecule has 0 fully saturated rings. The van der Waals surface area contributed by atoms with E-state index in [9.17, 15) is 4.79 Å². The van der Waals surface area contributed by atoms with E-state index in [1.165, 1.54) is 5.56 Å². The van der Waals surface area contributed by atoms with Crippen LogP contribution in [0.4, 0.5) is 5.69 Å². The number of amides is 1. The minimum absolute atomic E-state index is 0.0698. The molecule has 1 aromatic carbocycles. The Morgan fingerprint density at radius 3 is 2.50 bits per heavy atom. The fraction of sp³-hybridized carbons (Fsp3) is 0.294. The maximum Gasteiger partial charge on any atom is 0.230 e. The Kier molecular flexibility index (Phi) is 5.36. The molecule has 0 radical (unpaired) electrons. The minimum atomic E-state index is -0.0698. The van der Waals surface area contributed by atoms with Gasteiger partial charge in [0.1, 0.15) is 11.5 Å². The van der Waals surface area contributed by atoms with Crippen molar-refractivity contribution in [1.29, 1.82) is 0 Å². The number of carbonyl (C=O) groups is 1. The van der Waals surface area contributed by atoms with Crippen LogP contribution >= 0.6 is 0 Å². The van der Waals surface area contributed by atoms with Crippen molar-refractivity contribution in [1.82, 2.24) is 0 Å². The van der Waals surface area contributed by atoms with Gasteiger partial charge < -0.3 is 14.8 Å². The molecule has 0 aliphatic heterocycles. The number of nitrogens with zero attached hydrogens (tertiary/aromatic N) is 1. The van der Waals surface area contributed by atoms with Gasteiger partial charge >= 0.3 is 0 Å². The third kappa shape index (κ3) is 4.22. The highest BCUT2D eigenvalue weighted by molar-refractivity contribution is 5.92. The lowest BCUT2D eigenvalue weighted by molar-refractivity contribution is -0.695. The normalized spacial score (nSPS) is 10.1. The summed E-state index contributed by atoms with van der Waals surface area (Å²) >= 11 is 0. The molecule has 5 heteroatoms. The molecule has 0 unspecified atom stereocenters. The van der Waals surface area contributed by atoms with Crippen LogP contribution in [0.1, 0.15) is 12.0 Å². The van der Waals surface area contributed by atoms with Gasteiger partial charge in [-0.2, -0.15) is 0 Å². The highest BCUT2D eigenvalue weighted by atomic mass is 16.5. The lowest BCUT2D eigenvalue weighted by Gasteiger charge is -2.11. The van der Waals surface area contributed by atoms with Crippen molar-refractivity contribution in [3.05, 3.63) is 48.3 Å². The number of rotatable bonds is 6. The second-order valence-corrected chi connectivity index (χ2v) is 4.98. The maximum atomic E-state index is 12.1. The Bertz CT molecular complexity index is 639. The van der Waals surface area contributed by atoms with E-state index in [1.807, 2.05) is 36.0 Å². The summed E-state index contributed by atoms with van der Waals surface area (Å²) < 4.78 is 12.4. The number of aromatic nitrogens is 1. The quantitative estimate of drug-likeness (QED) is 0.833. The van der Waals surface area contributed by atoms with Crippen molar-refractivity contribution in [2.75, 3.05) is 19.5 Å². The number of ether oxygens (including phenoxy) is 2. The first-order chi connectivity index (χ1) is 10.6. The lowest BCUT2D eigenvalue weighted by atomic mass is 10.2. The number of benzene rings is 1. The zero-order valence-corrected chi connectivity index (χ0v) is 13.1. The van der Waals surface area contributed by atoms with E-state index in [2.05, 4.69) is 5.32 Å². The van der Waals surface area contributed by atoms with Gasteiger partial charge in [0.25, 0.3) is 0 Å². The van der Waals surface area contributed by atoms with E-state index >= 15 is 0 Å². The first-order valence-electron chi connectivity index (χ1n) is 7.10. The summed E-state index contributed by atoms with van der Waals surface area (Å²) in [5, 5.41) is 2.86. The third-order valence-electron chi connectivity index (χ3n) is 3.34. The molecule has 0 spiro atoms.